The molecule has 7 nitrogen and oxygen atoms in total. The first kappa shape index (κ1) is 18.9. The fraction of sp³-hybridized carbons (Fsp3) is 0.500. The van der Waals surface area contributed by atoms with Crippen molar-refractivity contribution >= 4 is 23.5 Å². The maximum Gasteiger partial charge on any atom is 0.328 e. The average Bonchev–Trinajstić information content (AvgIpc) is 2.63. The molecule has 7 heteroatoms. The zero-order chi connectivity index (χ0) is 18.2. The summed E-state index contributed by atoms with van der Waals surface area (Å²) in [6.07, 6.45) is 1.88. The minimum Gasteiger partial charge on any atom is -0.464 e. The zero-order valence-corrected chi connectivity index (χ0v) is 14.6. The first-order chi connectivity index (χ1) is 12.0. The van der Waals surface area contributed by atoms with Gasteiger partial charge in [-0.1, -0.05) is 0 Å². The van der Waals surface area contributed by atoms with Gasteiger partial charge in [-0.15, -0.1) is 0 Å². The molecule has 1 aromatic carbocycles. The quantitative estimate of drug-likeness (QED) is 0.674. The van der Waals surface area contributed by atoms with E-state index in [1.807, 2.05) is 0 Å². The number of rotatable bonds is 6. The lowest BCUT2D eigenvalue weighted by molar-refractivity contribution is -0.144. The molecule has 2 unspecified atom stereocenters. The van der Waals surface area contributed by atoms with Crippen molar-refractivity contribution in [2.45, 2.75) is 32.7 Å². The second-order valence-electron chi connectivity index (χ2n) is 6.06. The van der Waals surface area contributed by atoms with E-state index in [0.29, 0.717) is 17.8 Å². The molecule has 2 atom stereocenters. The van der Waals surface area contributed by atoms with Gasteiger partial charge in [0.15, 0.2) is 0 Å². The van der Waals surface area contributed by atoms with Gasteiger partial charge in [0.1, 0.15) is 6.04 Å². The van der Waals surface area contributed by atoms with Crippen molar-refractivity contribution in [1.82, 2.24) is 10.6 Å². The van der Waals surface area contributed by atoms with E-state index < -0.39 is 12.0 Å². The van der Waals surface area contributed by atoms with Crippen LogP contribution in [0, 0.1) is 5.92 Å². The number of benzene rings is 1. The van der Waals surface area contributed by atoms with Gasteiger partial charge in [-0.2, -0.15) is 0 Å². The Balaban J connectivity index is 1.89. The number of anilines is 1. The molecule has 0 spiro atoms. The number of ether oxygens (including phenoxy) is 1. The number of carbonyl (C=O) groups is 3. The molecule has 1 aliphatic rings. The third kappa shape index (κ3) is 5.56. The molecule has 3 N–H and O–H groups in total. The van der Waals surface area contributed by atoms with Gasteiger partial charge < -0.3 is 20.7 Å². The molecule has 25 heavy (non-hydrogen) atoms. The number of hydrogen-bond acceptors (Lipinski definition) is 5. The summed E-state index contributed by atoms with van der Waals surface area (Å²) in [5.41, 5.74) is 1.05. The number of amides is 2. The highest BCUT2D eigenvalue weighted by atomic mass is 16.5. The average molecular weight is 347 g/mol. The SMILES string of the molecule is CCOC(=O)C(C)NC(=O)c1ccc(NC(=O)C2CCCNC2)cc1. The minimum absolute atomic E-state index is 0.0136. The molecule has 136 valence electrons. The van der Waals surface area contributed by atoms with Crippen LogP contribution >= 0.6 is 0 Å². The van der Waals surface area contributed by atoms with Gasteiger partial charge in [-0.05, 0) is 57.5 Å². The second-order valence-corrected chi connectivity index (χ2v) is 6.06. The largest absolute Gasteiger partial charge is 0.464 e. The molecule has 0 radical (unpaired) electrons. The van der Waals surface area contributed by atoms with Crippen molar-refractivity contribution in [2.24, 2.45) is 5.92 Å². The predicted molar refractivity (Wildman–Crippen MR) is 94.2 cm³/mol. The molecule has 0 aliphatic carbocycles. The third-order valence-corrected chi connectivity index (χ3v) is 4.07. The van der Waals surface area contributed by atoms with Crippen LogP contribution in [0.25, 0.3) is 0 Å². The molecule has 1 aromatic rings. The van der Waals surface area contributed by atoms with Crippen LogP contribution in [0.15, 0.2) is 24.3 Å². The lowest BCUT2D eigenvalue weighted by atomic mass is 9.99. The summed E-state index contributed by atoms with van der Waals surface area (Å²) in [6.45, 7) is 5.20. The van der Waals surface area contributed by atoms with Crippen LogP contribution in [0.3, 0.4) is 0 Å². The molecule has 0 bridgehead atoms. The maximum absolute atomic E-state index is 12.2. The normalized spacial score (nSPS) is 18.1. The molecule has 1 fully saturated rings. The lowest BCUT2D eigenvalue weighted by Gasteiger charge is -2.21. The zero-order valence-electron chi connectivity index (χ0n) is 14.6. The summed E-state index contributed by atoms with van der Waals surface area (Å²) in [7, 11) is 0. The van der Waals surface area contributed by atoms with Crippen molar-refractivity contribution in [2.75, 3.05) is 25.0 Å². The van der Waals surface area contributed by atoms with Crippen molar-refractivity contribution in [3.8, 4) is 0 Å². The van der Waals surface area contributed by atoms with E-state index in [0.717, 1.165) is 19.4 Å². The van der Waals surface area contributed by atoms with E-state index in [2.05, 4.69) is 16.0 Å². The molecular weight excluding hydrogens is 322 g/mol. The van der Waals surface area contributed by atoms with Gasteiger partial charge in [0.25, 0.3) is 5.91 Å². The molecule has 1 heterocycles. The van der Waals surface area contributed by atoms with Gasteiger partial charge in [0.2, 0.25) is 5.91 Å². The highest BCUT2D eigenvalue weighted by molar-refractivity contribution is 5.98. The molecule has 1 saturated heterocycles. The fourth-order valence-electron chi connectivity index (χ4n) is 2.63. The number of esters is 1. The predicted octanol–water partition coefficient (Wildman–Crippen LogP) is 1.31. The number of nitrogens with one attached hydrogen (secondary N) is 3. The molecule has 0 saturated carbocycles. The Hall–Kier alpha value is -2.41. The van der Waals surface area contributed by atoms with Crippen LogP contribution in [0.5, 0.6) is 0 Å². The molecule has 2 amide bonds. The van der Waals surface area contributed by atoms with Crippen LogP contribution < -0.4 is 16.0 Å². The maximum atomic E-state index is 12.2. The highest BCUT2D eigenvalue weighted by Gasteiger charge is 2.21. The van der Waals surface area contributed by atoms with Gasteiger partial charge in [-0.25, -0.2) is 4.79 Å². The van der Waals surface area contributed by atoms with Gasteiger partial charge in [0, 0.05) is 17.8 Å². The van der Waals surface area contributed by atoms with Crippen molar-refractivity contribution in [1.29, 1.82) is 0 Å². The van der Waals surface area contributed by atoms with Gasteiger partial charge in [0.05, 0.1) is 12.5 Å². The highest BCUT2D eigenvalue weighted by Crippen LogP contribution is 2.15. The van der Waals surface area contributed by atoms with Crippen LogP contribution in [-0.2, 0) is 14.3 Å². The van der Waals surface area contributed by atoms with Crippen molar-refractivity contribution in [3.05, 3.63) is 29.8 Å². The summed E-state index contributed by atoms with van der Waals surface area (Å²) in [6, 6.07) is 5.87. The number of hydrogen-bond donors (Lipinski definition) is 3. The van der Waals surface area contributed by atoms with E-state index in [9.17, 15) is 14.4 Å². The van der Waals surface area contributed by atoms with Gasteiger partial charge >= 0.3 is 5.97 Å². The first-order valence-corrected chi connectivity index (χ1v) is 8.60. The minimum atomic E-state index is -0.717. The van der Waals surface area contributed by atoms with Crippen LogP contribution in [0.4, 0.5) is 5.69 Å². The standard InChI is InChI=1S/C18H25N3O4/c1-3-25-18(24)12(2)20-16(22)13-6-8-15(9-7-13)21-17(23)14-5-4-10-19-11-14/h6-9,12,14,19H,3-5,10-11H2,1-2H3,(H,20,22)(H,21,23). The number of piperidine rings is 1. The summed E-state index contributed by atoms with van der Waals surface area (Å²) >= 11 is 0. The fourth-order valence-corrected chi connectivity index (χ4v) is 2.63. The Kier molecular flexibility index (Phi) is 6.94. The van der Waals surface area contributed by atoms with E-state index >= 15 is 0 Å². The summed E-state index contributed by atoms with van der Waals surface area (Å²) in [5.74, 6) is -0.877. The molecule has 0 aromatic heterocycles. The Morgan fingerprint density at radius 3 is 2.60 bits per heavy atom. The Bertz CT molecular complexity index is 609. The van der Waals surface area contributed by atoms with Crippen molar-refractivity contribution < 1.29 is 19.1 Å². The molecule has 2 rings (SSSR count). The Labute approximate surface area is 147 Å². The molecular formula is C18H25N3O4. The Morgan fingerprint density at radius 1 is 1.28 bits per heavy atom. The molecule has 1 aliphatic heterocycles. The van der Waals surface area contributed by atoms with E-state index in [-0.39, 0.29) is 24.3 Å². The van der Waals surface area contributed by atoms with E-state index in [1.54, 1.807) is 38.1 Å². The smallest absolute Gasteiger partial charge is 0.328 e. The van der Waals surface area contributed by atoms with E-state index in [4.69, 9.17) is 4.74 Å². The Morgan fingerprint density at radius 2 is 2.00 bits per heavy atom. The summed E-state index contributed by atoms with van der Waals surface area (Å²) in [4.78, 5) is 35.9. The van der Waals surface area contributed by atoms with Crippen LogP contribution in [0.1, 0.15) is 37.0 Å². The topological polar surface area (TPSA) is 96.5 Å². The summed E-state index contributed by atoms with van der Waals surface area (Å²) in [5, 5.41) is 8.66. The summed E-state index contributed by atoms with van der Waals surface area (Å²) < 4.78 is 4.85. The third-order valence-electron chi connectivity index (χ3n) is 4.07. The monoisotopic (exact) mass is 347 g/mol. The van der Waals surface area contributed by atoms with E-state index in [1.165, 1.54) is 0 Å². The first-order valence-electron chi connectivity index (χ1n) is 8.60. The lowest BCUT2D eigenvalue weighted by Crippen LogP contribution is -2.39. The van der Waals surface area contributed by atoms with Crippen LogP contribution in [0.2, 0.25) is 0 Å². The van der Waals surface area contributed by atoms with Crippen molar-refractivity contribution in [3.63, 3.8) is 0 Å². The van der Waals surface area contributed by atoms with Crippen LogP contribution in [-0.4, -0.2) is 43.5 Å². The second kappa shape index (κ2) is 9.17. The number of carbonyl (C=O) groups excluding carboxylic acids is 3. The van der Waals surface area contributed by atoms with Gasteiger partial charge in [-0.3, -0.25) is 9.59 Å².